The Labute approximate surface area is 175 Å². The van der Waals surface area contributed by atoms with E-state index in [1.54, 1.807) is 24.4 Å². The van der Waals surface area contributed by atoms with Gasteiger partial charge in [-0.25, -0.2) is 0 Å². The van der Waals surface area contributed by atoms with Gasteiger partial charge >= 0.3 is 11.9 Å². The number of esters is 2. The highest BCUT2D eigenvalue weighted by atomic mass is 16.7. The quantitative estimate of drug-likeness (QED) is 0.243. The van der Waals surface area contributed by atoms with Crippen LogP contribution in [0.4, 0.5) is 0 Å². The minimum atomic E-state index is -0.635. The Kier molecular flexibility index (Phi) is 9.72. The van der Waals surface area contributed by atoms with Gasteiger partial charge in [0.2, 0.25) is 0 Å². The molecule has 0 aromatic carbocycles. The zero-order valence-corrected chi connectivity index (χ0v) is 17.2. The number of nitrogens with zero attached hydrogens (tertiary/aromatic N) is 1. The van der Waals surface area contributed by atoms with Crippen LogP contribution in [-0.2, 0) is 33.4 Å². The Morgan fingerprint density at radius 2 is 1.70 bits per heavy atom. The Balaban J connectivity index is 1.87. The second-order valence-corrected chi connectivity index (χ2v) is 6.87. The van der Waals surface area contributed by atoms with Gasteiger partial charge in [0.15, 0.2) is 6.10 Å². The zero-order valence-electron chi connectivity index (χ0n) is 17.2. The van der Waals surface area contributed by atoms with E-state index in [4.69, 9.17) is 23.8 Å². The van der Waals surface area contributed by atoms with Crippen molar-refractivity contribution in [2.75, 3.05) is 13.2 Å². The minimum absolute atomic E-state index is 0.0317. The van der Waals surface area contributed by atoms with Crippen molar-refractivity contribution in [1.29, 1.82) is 0 Å². The van der Waals surface area contributed by atoms with Gasteiger partial charge in [-0.15, -0.1) is 6.58 Å². The van der Waals surface area contributed by atoms with Gasteiger partial charge in [0.25, 0.3) is 0 Å². The van der Waals surface area contributed by atoms with Crippen molar-refractivity contribution >= 4 is 18.2 Å². The molecule has 2 aliphatic rings. The molecule has 2 heterocycles. The molecule has 0 spiro atoms. The van der Waals surface area contributed by atoms with E-state index in [0.717, 1.165) is 0 Å². The largest absolute Gasteiger partial charge is 0.463 e. The molecule has 0 bridgehead atoms. The summed E-state index contributed by atoms with van der Waals surface area (Å²) in [6, 6.07) is 0. The van der Waals surface area contributed by atoms with Crippen LogP contribution < -0.4 is 0 Å². The maximum atomic E-state index is 11.3. The fraction of sp³-hybridized carbons (Fsp3) is 0.571. The Hall–Kier alpha value is -2.49. The number of rotatable bonds is 10. The molecular weight excluding hydrogens is 394 g/mol. The van der Waals surface area contributed by atoms with Crippen LogP contribution in [0, 0.1) is 0 Å². The highest BCUT2D eigenvalue weighted by molar-refractivity contribution is 5.67. The molecule has 0 amide bonds. The maximum Gasteiger partial charge on any atom is 0.303 e. The van der Waals surface area contributed by atoms with Crippen LogP contribution in [0.1, 0.15) is 26.7 Å². The third-order valence-electron chi connectivity index (χ3n) is 4.39. The molecule has 0 aromatic heterocycles. The maximum absolute atomic E-state index is 11.3. The van der Waals surface area contributed by atoms with E-state index in [1.165, 1.54) is 13.8 Å². The average Bonchev–Trinajstić information content (AvgIpc) is 2.71. The van der Waals surface area contributed by atoms with E-state index in [2.05, 4.69) is 11.7 Å². The van der Waals surface area contributed by atoms with Crippen molar-refractivity contribution in [3.05, 3.63) is 37.0 Å². The van der Waals surface area contributed by atoms with Gasteiger partial charge in [0.05, 0.1) is 18.8 Å². The van der Waals surface area contributed by atoms with Crippen LogP contribution in [0.2, 0.25) is 0 Å². The number of carbonyl (C=O) groups excluding carboxylic acids is 2. The number of hydrogen-bond acceptors (Lipinski definition) is 9. The van der Waals surface area contributed by atoms with E-state index in [1.807, 2.05) is 12.2 Å². The summed E-state index contributed by atoms with van der Waals surface area (Å²) in [4.78, 5) is 27.8. The molecule has 0 saturated heterocycles. The molecule has 6 atom stereocenters. The third-order valence-corrected chi connectivity index (χ3v) is 4.39. The SMILES string of the molecule is C=CC[C@@H]1C=C[C@H](ON=CC[C@@H]2C=C[C@H](OC(C)=O)[C@@H](COC(C)=O)O2)[C@@H](CO)O1. The molecule has 9 heteroatoms. The van der Waals surface area contributed by atoms with Crippen LogP contribution in [0.25, 0.3) is 0 Å². The van der Waals surface area contributed by atoms with E-state index in [9.17, 15) is 14.7 Å². The molecule has 0 aliphatic carbocycles. The molecule has 0 unspecified atom stereocenters. The first-order chi connectivity index (χ1) is 14.4. The fourth-order valence-corrected chi connectivity index (χ4v) is 2.99. The summed E-state index contributed by atoms with van der Waals surface area (Å²) in [6.07, 6.45) is 8.71. The van der Waals surface area contributed by atoms with E-state index in [-0.39, 0.29) is 25.4 Å². The topological polar surface area (TPSA) is 113 Å². The number of oxime groups is 1. The summed E-state index contributed by atoms with van der Waals surface area (Å²) in [5, 5.41) is 13.4. The number of hydrogen-bond donors (Lipinski definition) is 1. The van der Waals surface area contributed by atoms with E-state index >= 15 is 0 Å². The smallest absolute Gasteiger partial charge is 0.303 e. The molecule has 2 rings (SSSR count). The molecule has 0 fully saturated rings. The van der Waals surface area contributed by atoms with Crippen LogP contribution in [0.5, 0.6) is 0 Å². The molecule has 0 saturated carbocycles. The van der Waals surface area contributed by atoms with Crippen molar-refractivity contribution < 1.29 is 38.5 Å². The van der Waals surface area contributed by atoms with Crippen LogP contribution in [-0.4, -0.2) is 73.1 Å². The van der Waals surface area contributed by atoms with Gasteiger partial charge in [0, 0.05) is 26.5 Å². The Morgan fingerprint density at radius 3 is 2.33 bits per heavy atom. The monoisotopic (exact) mass is 423 g/mol. The number of aliphatic hydroxyl groups excluding tert-OH is 1. The van der Waals surface area contributed by atoms with Crippen molar-refractivity contribution in [1.82, 2.24) is 0 Å². The predicted octanol–water partition coefficient (Wildman–Crippen LogP) is 1.46. The number of aliphatic hydroxyl groups is 1. The first kappa shape index (κ1) is 23.8. The Bertz CT molecular complexity index is 674. The molecule has 0 radical (unpaired) electrons. The van der Waals surface area contributed by atoms with Gasteiger partial charge < -0.3 is 28.9 Å². The second-order valence-electron chi connectivity index (χ2n) is 6.87. The summed E-state index contributed by atoms with van der Waals surface area (Å²) < 4.78 is 21.7. The van der Waals surface area contributed by atoms with Crippen LogP contribution in [0.3, 0.4) is 0 Å². The van der Waals surface area contributed by atoms with Gasteiger partial charge in [-0.3, -0.25) is 9.59 Å². The molecule has 9 nitrogen and oxygen atoms in total. The first-order valence-electron chi connectivity index (χ1n) is 9.80. The van der Waals surface area contributed by atoms with Gasteiger partial charge in [-0.05, 0) is 18.6 Å². The van der Waals surface area contributed by atoms with Crippen molar-refractivity contribution in [3.63, 3.8) is 0 Å². The van der Waals surface area contributed by atoms with Crippen molar-refractivity contribution in [3.8, 4) is 0 Å². The number of carbonyl (C=O) groups is 2. The molecule has 1 N–H and O–H groups in total. The summed E-state index contributed by atoms with van der Waals surface area (Å²) in [5.74, 6) is -0.899. The lowest BCUT2D eigenvalue weighted by Crippen LogP contribution is -2.41. The van der Waals surface area contributed by atoms with E-state index < -0.39 is 36.4 Å². The molecule has 166 valence electrons. The van der Waals surface area contributed by atoms with Gasteiger partial charge in [-0.2, -0.15) is 0 Å². The molecule has 2 aliphatic heterocycles. The fourth-order valence-electron chi connectivity index (χ4n) is 2.99. The minimum Gasteiger partial charge on any atom is -0.463 e. The average molecular weight is 423 g/mol. The highest BCUT2D eigenvalue weighted by Crippen LogP contribution is 2.20. The van der Waals surface area contributed by atoms with Crippen LogP contribution in [0.15, 0.2) is 42.1 Å². The highest BCUT2D eigenvalue weighted by Gasteiger charge is 2.31. The second kappa shape index (κ2) is 12.3. The first-order valence-corrected chi connectivity index (χ1v) is 9.80. The van der Waals surface area contributed by atoms with Crippen molar-refractivity contribution in [2.45, 2.75) is 63.3 Å². The van der Waals surface area contributed by atoms with Crippen LogP contribution >= 0.6 is 0 Å². The summed E-state index contributed by atoms with van der Waals surface area (Å²) >= 11 is 0. The number of ether oxygens (including phenoxy) is 4. The van der Waals surface area contributed by atoms with Gasteiger partial charge in [0.1, 0.15) is 24.9 Å². The lowest BCUT2D eigenvalue weighted by molar-refractivity contribution is -0.163. The standard InChI is InChI=1S/C21H29NO8/c1-4-5-16-7-9-19(20(12-23)28-16)30-22-11-10-17-6-8-18(27-15(3)25)21(29-17)13-26-14(2)24/h4,6-9,11,16-21,23H,1,5,10,12-13H2,2-3H3/t16-,17+,18+,19+,20-,21-/m1/s1. The van der Waals surface area contributed by atoms with Crippen molar-refractivity contribution in [2.24, 2.45) is 5.16 Å². The lowest BCUT2D eigenvalue weighted by atomic mass is 10.1. The summed E-state index contributed by atoms with van der Waals surface area (Å²) in [5.41, 5.74) is 0. The molecular formula is C21H29NO8. The Morgan fingerprint density at radius 1 is 1.03 bits per heavy atom. The normalized spacial score (nSPS) is 30.8. The predicted molar refractivity (Wildman–Crippen MR) is 108 cm³/mol. The zero-order chi connectivity index (χ0) is 21.9. The summed E-state index contributed by atoms with van der Waals surface area (Å²) in [6.45, 7) is 6.05. The third kappa shape index (κ3) is 7.74. The lowest BCUT2D eigenvalue weighted by Gasteiger charge is -2.31. The van der Waals surface area contributed by atoms with E-state index in [0.29, 0.717) is 12.8 Å². The molecule has 0 aromatic rings. The summed E-state index contributed by atoms with van der Waals surface area (Å²) in [7, 11) is 0. The van der Waals surface area contributed by atoms with Gasteiger partial charge in [-0.1, -0.05) is 23.4 Å². The molecule has 30 heavy (non-hydrogen) atoms.